The third-order valence-electron chi connectivity index (χ3n) is 5.37. The Balaban J connectivity index is 1.37. The van der Waals surface area contributed by atoms with Crippen LogP contribution in [0.15, 0.2) is 28.8 Å². The zero-order valence-corrected chi connectivity index (χ0v) is 15.8. The van der Waals surface area contributed by atoms with Gasteiger partial charge in [-0.05, 0) is 30.9 Å². The molecule has 3 amide bonds. The Morgan fingerprint density at radius 3 is 2.72 bits per heavy atom. The Morgan fingerprint density at radius 2 is 1.97 bits per heavy atom. The van der Waals surface area contributed by atoms with Crippen LogP contribution in [0.2, 0.25) is 0 Å². The Hall–Kier alpha value is -3.10. The van der Waals surface area contributed by atoms with Crippen LogP contribution in [0.5, 0.6) is 0 Å². The predicted molar refractivity (Wildman–Crippen MR) is 98.7 cm³/mol. The summed E-state index contributed by atoms with van der Waals surface area (Å²) < 4.78 is 19.2. The van der Waals surface area contributed by atoms with E-state index in [9.17, 15) is 18.8 Å². The van der Waals surface area contributed by atoms with Crippen LogP contribution in [0.4, 0.5) is 4.39 Å². The maximum absolute atomic E-state index is 13.9. The van der Waals surface area contributed by atoms with Crippen LogP contribution in [0.1, 0.15) is 31.6 Å². The smallest absolute Gasteiger partial charge is 0.242 e. The van der Waals surface area contributed by atoms with E-state index in [1.807, 2.05) is 0 Å². The van der Waals surface area contributed by atoms with Crippen molar-refractivity contribution in [2.45, 2.75) is 32.1 Å². The van der Waals surface area contributed by atoms with Crippen molar-refractivity contribution < 1.29 is 23.3 Å². The van der Waals surface area contributed by atoms with E-state index in [0.29, 0.717) is 25.4 Å². The van der Waals surface area contributed by atoms with E-state index >= 15 is 0 Å². The van der Waals surface area contributed by atoms with Crippen molar-refractivity contribution in [2.75, 3.05) is 19.6 Å². The molecule has 9 heteroatoms. The molecule has 1 aromatic heterocycles. The van der Waals surface area contributed by atoms with Gasteiger partial charge in [-0.15, -0.1) is 0 Å². The van der Waals surface area contributed by atoms with Crippen molar-refractivity contribution in [3.05, 3.63) is 36.0 Å². The summed E-state index contributed by atoms with van der Waals surface area (Å²) in [6.07, 6.45) is 2.54. The molecule has 1 aromatic carbocycles. The lowest BCUT2D eigenvalue weighted by Gasteiger charge is -2.33. The van der Waals surface area contributed by atoms with Crippen LogP contribution in [0, 0.1) is 11.7 Å². The molecule has 0 aliphatic carbocycles. The molecule has 2 aromatic rings. The number of piperidine rings is 1. The average molecular weight is 400 g/mol. The number of carbonyl (C=O) groups is 3. The number of halogens is 1. The second-order valence-electron chi connectivity index (χ2n) is 7.42. The number of amides is 3. The van der Waals surface area contributed by atoms with Gasteiger partial charge in [0.1, 0.15) is 12.4 Å². The Morgan fingerprint density at radius 1 is 1.21 bits per heavy atom. The summed E-state index contributed by atoms with van der Waals surface area (Å²) in [5, 5.41) is 3.86. The summed E-state index contributed by atoms with van der Waals surface area (Å²) in [5.74, 6) is -0.505. The van der Waals surface area contributed by atoms with Crippen LogP contribution in [-0.2, 0) is 20.8 Å². The molecule has 0 bridgehead atoms. The number of hydrogen-bond acceptors (Lipinski definition) is 6. The molecule has 29 heavy (non-hydrogen) atoms. The standard InChI is InChI=1S/C20H21FN4O4/c21-15-6-2-1-5-14(15)20-22-16(29-23-20)10-13-4-3-9-24(11-13)19(28)12-25-17(26)7-8-18(25)27/h1-2,5-6,13H,3-4,7-12H2. The molecule has 3 heterocycles. The molecular weight excluding hydrogens is 379 g/mol. The molecule has 0 saturated carbocycles. The number of carbonyl (C=O) groups excluding carboxylic acids is 3. The molecule has 2 fully saturated rings. The molecule has 0 spiro atoms. The largest absolute Gasteiger partial charge is 0.341 e. The van der Waals surface area contributed by atoms with Crippen LogP contribution in [0.3, 0.4) is 0 Å². The maximum atomic E-state index is 13.9. The topological polar surface area (TPSA) is 96.6 Å². The first-order valence-electron chi connectivity index (χ1n) is 9.69. The zero-order chi connectivity index (χ0) is 20.4. The van der Waals surface area contributed by atoms with E-state index in [0.717, 1.165) is 17.7 Å². The summed E-state index contributed by atoms with van der Waals surface area (Å²) in [6.45, 7) is 0.894. The zero-order valence-electron chi connectivity index (χ0n) is 15.8. The van der Waals surface area contributed by atoms with Crippen molar-refractivity contribution in [3.8, 4) is 11.4 Å². The Kier molecular flexibility index (Phi) is 5.37. The van der Waals surface area contributed by atoms with Crippen LogP contribution < -0.4 is 0 Å². The van der Waals surface area contributed by atoms with Crippen LogP contribution in [-0.4, -0.2) is 57.3 Å². The second kappa shape index (κ2) is 8.10. The van der Waals surface area contributed by atoms with Crippen molar-refractivity contribution >= 4 is 17.7 Å². The summed E-state index contributed by atoms with van der Waals surface area (Å²) in [6, 6.07) is 6.23. The molecule has 0 radical (unpaired) electrons. The molecule has 152 valence electrons. The number of imide groups is 1. The molecule has 4 rings (SSSR count). The van der Waals surface area contributed by atoms with E-state index in [1.165, 1.54) is 6.07 Å². The normalized spacial score (nSPS) is 19.8. The van der Waals surface area contributed by atoms with Crippen molar-refractivity contribution in [1.29, 1.82) is 0 Å². The van der Waals surface area contributed by atoms with E-state index in [-0.39, 0.29) is 54.4 Å². The van der Waals surface area contributed by atoms with Crippen LogP contribution >= 0.6 is 0 Å². The van der Waals surface area contributed by atoms with Crippen molar-refractivity contribution in [3.63, 3.8) is 0 Å². The lowest BCUT2D eigenvalue weighted by atomic mass is 9.94. The van der Waals surface area contributed by atoms with Gasteiger partial charge in [0.2, 0.25) is 29.4 Å². The fourth-order valence-corrected chi connectivity index (χ4v) is 3.83. The monoisotopic (exact) mass is 400 g/mol. The van der Waals surface area contributed by atoms with Crippen molar-refractivity contribution in [2.24, 2.45) is 5.92 Å². The minimum Gasteiger partial charge on any atom is -0.341 e. The number of benzene rings is 1. The lowest BCUT2D eigenvalue weighted by Crippen LogP contribution is -2.46. The van der Waals surface area contributed by atoms with Gasteiger partial charge in [-0.25, -0.2) is 4.39 Å². The number of likely N-dealkylation sites (tertiary alicyclic amines) is 2. The highest BCUT2D eigenvalue weighted by Gasteiger charge is 2.33. The lowest BCUT2D eigenvalue weighted by molar-refractivity contribution is -0.146. The first-order chi connectivity index (χ1) is 14.0. The third-order valence-corrected chi connectivity index (χ3v) is 5.37. The summed E-state index contributed by atoms with van der Waals surface area (Å²) >= 11 is 0. The third kappa shape index (κ3) is 4.18. The fraction of sp³-hybridized carbons (Fsp3) is 0.450. The molecule has 8 nitrogen and oxygen atoms in total. The predicted octanol–water partition coefficient (Wildman–Crippen LogP) is 1.81. The molecule has 0 N–H and O–H groups in total. The number of aromatic nitrogens is 2. The van der Waals surface area contributed by atoms with E-state index in [4.69, 9.17) is 4.52 Å². The fourth-order valence-electron chi connectivity index (χ4n) is 3.83. The molecular formula is C20H21FN4O4. The SMILES string of the molecule is O=C(CN1C(=O)CCC1=O)N1CCCC(Cc2nc(-c3ccccc3F)no2)C1. The summed E-state index contributed by atoms with van der Waals surface area (Å²) in [4.78, 5) is 43.0. The van der Waals surface area contributed by atoms with E-state index in [2.05, 4.69) is 10.1 Å². The van der Waals surface area contributed by atoms with Gasteiger partial charge < -0.3 is 9.42 Å². The van der Waals surface area contributed by atoms with Gasteiger partial charge >= 0.3 is 0 Å². The molecule has 2 aliphatic rings. The highest BCUT2D eigenvalue weighted by molar-refractivity contribution is 6.04. The average Bonchev–Trinajstić information content (AvgIpc) is 3.30. The summed E-state index contributed by atoms with van der Waals surface area (Å²) in [5.41, 5.74) is 0.280. The van der Waals surface area contributed by atoms with Gasteiger partial charge in [-0.2, -0.15) is 4.98 Å². The Labute approximate surface area is 166 Å². The minimum atomic E-state index is -0.416. The van der Waals surface area contributed by atoms with Gasteiger partial charge in [0.05, 0.1) is 5.56 Å². The van der Waals surface area contributed by atoms with Gasteiger partial charge in [-0.3, -0.25) is 19.3 Å². The molecule has 2 saturated heterocycles. The first kappa shape index (κ1) is 19.2. The van der Waals surface area contributed by atoms with E-state index in [1.54, 1.807) is 23.1 Å². The van der Waals surface area contributed by atoms with Crippen LogP contribution in [0.25, 0.3) is 11.4 Å². The first-order valence-corrected chi connectivity index (χ1v) is 9.69. The van der Waals surface area contributed by atoms with Gasteiger partial charge in [-0.1, -0.05) is 17.3 Å². The molecule has 2 aliphatic heterocycles. The number of rotatable bonds is 5. The highest BCUT2D eigenvalue weighted by Crippen LogP contribution is 2.24. The molecule has 1 atom stereocenters. The van der Waals surface area contributed by atoms with Gasteiger partial charge in [0, 0.05) is 32.4 Å². The Bertz CT molecular complexity index is 928. The molecule has 1 unspecified atom stereocenters. The summed E-state index contributed by atoms with van der Waals surface area (Å²) in [7, 11) is 0. The highest BCUT2D eigenvalue weighted by atomic mass is 19.1. The van der Waals surface area contributed by atoms with E-state index < -0.39 is 5.82 Å². The maximum Gasteiger partial charge on any atom is 0.242 e. The van der Waals surface area contributed by atoms with Gasteiger partial charge in [0.25, 0.3) is 0 Å². The van der Waals surface area contributed by atoms with Crippen molar-refractivity contribution in [1.82, 2.24) is 19.9 Å². The second-order valence-corrected chi connectivity index (χ2v) is 7.42. The number of nitrogens with zero attached hydrogens (tertiary/aromatic N) is 4. The number of hydrogen-bond donors (Lipinski definition) is 0. The minimum absolute atomic E-state index is 0.117. The quantitative estimate of drug-likeness (QED) is 0.710. The van der Waals surface area contributed by atoms with Gasteiger partial charge in [0.15, 0.2) is 0 Å².